The minimum Gasteiger partial charge on any atom is -0.369 e. The van der Waals surface area contributed by atoms with Crippen LogP contribution in [0.2, 0.25) is 0 Å². The van der Waals surface area contributed by atoms with E-state index in [9.17, 15) is 0 Å². The molecule has 1 aromatic heterocycles. The van der Waals surface area contributed by atoms with Crippen molar-refractivity contribution in [1.29, 1.82) is 0 Å². The van der Waals surface area contributed by atoms with Crippen molar-refractivity contribution in [3.8, 4) is 0 Å². The van der Waals surface area contributed by atoms with Crippen LogP contribution in [-0.2, 0) is 6.54 Å². The van der Waals surface area contributed by atoms with E-state index in [4.69, 9.17) is 4.98 Å². The molecule has 2 heterocycles. The van der Waals surface area contributed by atoms with Gasteiger partial charge in [0.15, 0.2) is 5.96 Å². The fourth-order valence-corrected chi connectivity index (χ4v) is 3.93. The van der Waals surface area contributed by atoms with Crippen LogP contribution in [0.25, 0.3) is 10.9 Å². The van der Waals surface area contributed by atoms with Gasteiger partial charge in [0.2, 0.25) is 0 Å². The number of hydrogen-bond donors (Lipinski definition) is 2. The zero-order valence-electron chi connectivity index (χ0n) is 18.0. The topological polar surface area (TPSA) is 55.8 Å². The molecule has 6 heteroatoms. The van der Waals surface area contributed by atoms with Crippen molar-refractivity contribution in [2.45, 2.75) is 19.0 Å². The minimum absolute atomic E-state index is 0.378. The van der Waals surface area contributed by atoms with Gasteiger partial charge in [0.1, 0.15) is 5.82 Å². The number of nitrogens with zero attached hydrogens (tertiary/aromatic N) is 4. The van der Waals surface area contributed by atoms with Crippen molar-refractivity contribution >= 4 is 28.4 Å². The second-order valence-electron chi connectivity index (χ2n) is 7.89. The van der Waals surface area contributed by atoms with Crippen molar-refractivity contribution < 1.29 is 0 Å². The van der Waals surface area contributed by atoms with Crippen molar-refractivity contribution in [3.05, 3.63) is 66.2 Å². The van der Waals surface area contributed by atoms with Gasteiger partial charge in [-0.2, -0.15) is 0 Å². The van der Waals surface area contributed by atoms with Gasteiger partial charge in [0.25, 0.3) is 0 Å². The van der Waals surface area contributed by atoms with E-state index in [0.29, 0.717) is 12.6 Å². The number of para-hydroxylation sites is 2. The minimum atomic E-state index is 0.378. The summed E-state index contributed by atoms with van der Waals surface area (Å²) in [4.78, 5) is 13.7. The first-order chi connectivity index (χ1) is 14.6. The van der Waals surface area contributed by atoms with E-state index in [1.54, 1.807) is 0 Å². The van der Waals surface area contributed by atoms with Gasteiger partial charge in [-0.3, -0.25) is 4.99 Å². The van der Waals surface area contributed by atoms with E-state index in [1.807, 2.05) is 32.1 Å². The molecule has 1 saturated heterocycles. The number of rotatable bonds is 5. The molecule has 1 unspecified atom stereocenters. The average molecular weight is 403 g/mol. The molecule has 0 bridgehead atoms. The van der Waals surface area contributed by atoms with Crippen molar-refractivity contribution in [1.82, 2.24) is 15.6 Å². The molecule has 6 nitrogen and oxygen atoms in total. The number of benzene rings is 2. The molecule has 0 spiro atoms. The Morgan fingerprint density at radius 1 is 1.13 bits per heavy atom. The molecule has 0 saturated carbocycles. The first-order valence-electron chi connectivity index (χ1n) is 10.5. The molecule has 0 radical (unpaired) electrons. The average Bonchev–Trinajstić information content (AvgIpc) is 3.25. The molecule has 1 atom stereocenters. The summed E-state index contributed by atoms with van der Waals surface area (Å²) in [5, 5.41) is 8.26. The van der Waals surface area contributed by atoms with E-state index in [0.717, 1.165) is 36.8 Å². The third-order valence-corrected chi connectivity index (χ3v) is 5.57. The van der Waals surface area contributed by atoms with Crippen LogP contribution >= 0.6 is 0 Å². The molecular formula is C24H30N6. The van der Waals surface area contributed by atoms with Crippen molar-refractivity contribution in [3.63, 3.8) is 0 Å². The second kappa shape index (κ2) is 9.03. The second-order valence-corrected chi connectivity index (χ2v) is 7.89. The molecule has 0 amide bonds. The van der Waals surface area contributed by atoms with E-state index in [-0.39, 0.29) is 0 Å². The van der Waals surface area contributed by atoms with Crippen LogP contribution in [0.3, 0.4) is 0 Å². The van der Waals surface area contributed by atoms with Gasteiger partial charge < -0.3 is 20.4 Å². The Morgan fingerprint density at radius 2 is 1.90 bits per heavy atom. The Hall–Kier alpha value is -3.28. The summed E-state index contributed by atoms with van der Waals surface area (Å²) < 4.78 is 0. The van der Waals surface area contributed by atoms with Crippen molar-refractivity contribution in [2.24, 2.45) is 4.99 Å². The Balaban J connectivity index is 1.42. The first-order valence-corrected chi connectivity index (χ1v) is 10.5. The van der Waals surface area contributed by atoms with Gasteiger partial charge >= 0.3 is 0 Å². The summed E-state index contributed by atoms with van der Waals surface area (Å²) in [7, 11) is 5.87. The summed E-state index contributed by atoms with van der Waals surface area (Å²) in [5.41, 5.74) is 3.51. The van der Waals surface area contributed by atoms with E-state index >= 15 is 0 Å². The Morgan fingerprint density at radius 3 is 2.67 bits per heavy atom. The molecule has 0 aliphatic carbocycles. The normalized spacial score (nSPS) is 16.7. The fraction of sp³-hybridized carbons (Fsp3) is 0.333. The summed E-state index contributed by atoms with van der Waals surface area (Å²) in [6.45, 7) is 2.73. The lowest BCUT2D eigenvalue weighted by atomic mass is 10.1. The lowest BCUT2D eigenvalue weighted by Crippen LogP contribution is -2.44. The molecule has 30 heavy (non-hydrogen) atoms. The number of anilines is 2. The molecule has 2 N–H and O–H groups in total. The highest BCUT2D eigenvalue weighted by molar-refractivity contribution is 5.85. The summed E-state index contributed by atoms with van der Waals surface area (Å²) >= 11 is 0. The van der Waals surface area contributed by atoms with Gasteiger partial charge in [0, 0.05) is 57.9 Å². The van der Waals surface area contributed by atoms with Crippen LogP contribution in [0.15, 0.2) is 65.7 Å². The highest BCUT2D eigenvalue weighted by Gasteiger charge is 2.23. The summed E-state index contributed by atoms with van der Waals surface area (Å²) in [5.74, 6) is 1.80. The van der Waals surface area contributed by atoms with Crippen LogP contribution in [-0.4, -0.2) is 51.2 Å². The number of guanidine groups is 1. The summed E-state index contributed by atoms with van der Waals surface area (Å²) in [6, 6.07) is 21.4. The maximum absolute atomic E-state index is 4.75. The predicted molar refractivity (Wildman–Crippen MR) is 126 cm³/mol. The highest BCUT2D eigenvalue weighted by Crippen LogP contribution is 2.22. The van der Waals surface area contributed by atoms with Gasteiger partial charge in [-0.25, -0.2) is 4.98 Å². The number of pyridine rings is 1. The van der Waals surface area contributed by atoms with Crippen LogP contribution in [0.1, 0.15) is 12.0 Å². The van der Waals surface area contributed by atoms with Crippen LogP contribution in [0.4, 0.5) is 11.5 Å². The van der Waals surface area contributed by atoms with Crippen LogP contribution < -0.4 is 20.4 Å². The maximum Gasteiger partial charge on any atom is 0.191 e. The lowest BCUT2D eigenvalue weighted by molar-refractivity contribution is 0.649. The van der Waals surface area contributed by atoms with Crippen LogP contribution in [0, 0.1) is 0 Å². The fourth-order valence-electron chi connectivity index (χ4n) is 3.93. The van der Waals surface area contributed by atoms with E-state index < -0.39 is 0 Å². The van der Waals surface area contributed by atoms with Gasteiger partial charge in [-0.05, 0) is 36.2 Å². The molecular weight excluding hydrogens is 372 g/mol. The molecule has 1 fully saturated rings. The predicted octanol–water partition coefficient (Wildman–Crippen LogP) is 3.24. The molecule has 156 valence electrons. The number of fused-ring (bicyclic) bond motifs is 1. The number of aliphatic imine (C=N–C) groups is 1. The molecule has 2 aromatic carbocycles. The quantitative estimate of drug-likeness (QED) is 0.507. The highest BCUT2D eigenvalue weighted by atomic mass is 15.2. The smallest absolute Gasteiger partial charge is 0.191 e. The monoisotopic (exact) mass is 402 g/mol. The SMILES string of the molecule is CN=C(NCc1cc(N(C)C)nc2ccccc12)NC1CCN(c2ccccc2)C1. The largest absolute Gasteiger partial charge is 0.369 e. The Labute approximate surface area is 178 Å². The maximum atomic E-state index is 4.75. The van der Waals surface area contributed by atoms with Crippen molar-refractivity contribution in [2.75, 3.05) is 44.0 Å². The third kappa shape index (κ3) is 4.48. The number of hydrogen-bond acceptors (Lipinski definition) is 4. The lowest BCUT2D eigenvalue weighted by Gasteiger charge is -2.21. The number of aromatic nitrogens is 1. The molecule has 4 rings (SSSR count). The van der Waals surface area contributed by atoms with E-state index in [2.05, 4.69) is 75.1 Å². The zero-order chi connectivity index (χ0) is 20.9. The Bertz CT molecular complexity index is 1010. The third-order valence-electron chi connectivity index (χ3n) is 5.57. The Kier molecular flexibility index (Phi) is 6.02. The van der Waals surface area contributed by atoms with Gasteiger partial charge in [-0.1, -0.05) is 36.4 Å². The summed E-state index contributed by atoms with van der Waals surface area (Å²) in [6.07, 6.45) is 1.10. The molecule has 3 aromatic rings. The first kappa shape index (κ1) is 20.0. The molecule has 1 aliphatic rings. The van der Waals surface area contributed by atoms with Crippen LogP contribution in [0.5, 0.6) is 0 Å². The zero-order valence-corrected chi connectivity index (χ0v) is 18.0. The van der Waals surface area contributed by atoms with Gasteiger partial charge in [-0.15, -0.1) is 0 Å². The van der Waals surface area contributed by atoms with E-state index in [1.165, 1.54) is 16.6 Å². The molecule has 1 aliphatic heterocycles. The number of nitrogens with one attached hydrogen (secondary N) is 2. The van der Waals surface area contributed by atoms with Gasteiger partial charge in [0.05, 0.1) is 5.52 Å². The standard InChI is InChI=1S/C24H30N6/c1-25-24(27-19-13-14-30(17-19)20-9-5-4-6-10-20)26-16-18-15-23(29(2)3)28-22-12-8-7-11-21(18)22/h4-12,15,19H,13-14,16-17H2,1-3H3,(H2,25,26,27).